The molecule has 17 heavy (non-hydrogen) atoms. The average Bonchev–Trinajstić information content (AvgIpc) is 2.75. The molecule has 1 aromatic rings. The monoisotopic (exact) mass is 275 g/mol. The normalized spacial score (nSPS) is 24.6. The SMILES string of the molecule is CN(C(=O)c1ccc(Cl)o1)C1CCCCC1Cl. The Morgan fingerprint density at radius 1 is 1.41 bits per heavy atom. The highest BCUT2D eigenvalue weighted by molar-refractivity contribution is 6.29. The van der Waals surface area contributed by atoms with Crippen molar-refractivity contribution in [2.45, 2.75) is 37.1 Å². The summed E-state index contributed by atoms with van der Waals surface area (Å²) < 4.78 is 5.12. The number of alkyl halides is 1. The standard InChI is InChI=1S/C12H15Cl2NO2/c1-15(9-5-3-2-4-8(9)13)12(16)10-6-7-11(14)17-10/h6-9H,2-5H2,1H3. The van der Waals surface area contributed by atoms with Crippen molar-refractivity contribution in [3.8, 4) is 0 Å². The molecule has 1 aromatic heterocycles. The number of hydrogen-bond donors (Lipinski definition) is 0. The van der Waals surface area contributed by atoms with Gasteiger partial charge < -0.3 is 9.32 Å². The second-order valence-corrected chi connectivity index (χ2v) is 5.32. The number of furan rings is 1. The number of carbonyl (C=O) groups is 1. The first-order valence-corrected chi connectivity index (χ1v) is 6.57. The van der Waals surface area contributed by atoms with E-state index in [4.69, 9.17) is 27.6 Å². The smallest absolute Gasteiger partial charge is 0.289 e. The minimum Gasteiger partial charge on any atom is -0.440 e. The Bertz CT molecular complexity index is 405. The molecule has 0 bridgehead atoms. The topological polar surface area (TPSA) is 33.5 Å². The van der Waals surface area contributed by atoms with Crippen molar-refractivity contribution in [2.75, 3.05) is 7.05 Å². The minimum absolute atomic E-state index is 0.0307. The van der Waals surface area contributed by atoms with Crippen molar-refractivity contribution >= 4 is 29.1 Å². The number of amides is 1. The van der Waals surface area contributed by atoms with Crippen molar-refractivity contribution in [1.82, 2.24) is 4.90 Å². The molecule has 1 heterocycles. The zero-order valence-electron chi connectivity index (χ0n) is 9.66. The van der Waals surface area contributed by atoms with Crippen LogP contribution in [0.4, 0.5) is 0 Å². The van der Waals surface area contributed by atoms with Crippen LogP contribution in [-0.2, 0) is 0 Å². The van der Waals surface area contributed by atoms with Crippen LogP contribution in [0.25, 0.3) is 0 Å². The summed E-state index contributed by atoms with van der Waals surface area (Å²) in [6.07, 6.45) is 4.16. The first-order valence-electron chi connectivity index (χ1n) is 5.76. The first kappa shape index (κ1) is 12.8. The number of hydrogen-bond acceptors (Lipinski definition) is 2. The van der Waals surface area contributed by atoms with E-state index >= 15 is 0 Å². The highest BCUT2D eigenvalue weighted by Crippen LogP contribution is 2.27. The van der Waals surface area contributed by atoms with Crippen molar-refractivity contribution in [2.24, 2.45) is 0 Å². The predicted molar refractivity (Wildman–Crippen MR) is 67.7 cm³/mol. The largest absolute Gasteiger partial charge is 0.440 e. The molecule has 1 saturated carbocycles. The van der Waals surface area contributed by atoms with Gasteiger partial charge in [0, 0.05) is 13.1 Å². The molecule has 94 valence electrons. The molecule has 3 nitrogen and oxygen atoms in total. The van der Waals surface area contributed by atoms with Crippen molar-refractivity contribution in [3.63, 3.8) is 0 Å². The molecule has 2 unspecified atom stereocenters. The minimum atomic E-state index is -0.158. The lowest BCUT2D eigenvalue weighted by molar-refractivity contribution is 0.0668. The Hall–Kier alpha value is -0.670. The lowest BCUT2D eigenvalue weighted by atomic mass is 9.94. The summed E-state index contributed by atoms with van der Waals surface area (Å²) in [4.78, 5) is 13.8. The van der Waals surface area contributed by atoms with Gasteiger partial charge in [-0.2, -0.15) is 0 Å². The zero-order chi connectivity index (χ0) is 12.4. The third-order valence-corrected chi connectivity index (χ3v) is 3.96. The van der Waals surface area contributed by atoms with E-state index in [2.05, 4.69) is 0 Å². The van der Waals surface area contributed by atoms with E-state index in [1.54, 1.807) is 24.1 Å². The lowest BCUT2D eigenvalue weighted by Gasteiger charge is -2.34. The van der Waals surface area contributed by atoms with E-state index < -0.39 is 0 Å². The molecule has 0 aromatic carbocycles. The van der Waals surface area contributed by atoms with Crippen molar-refractivity contribution in [3.05, 3.63) is 23.1 Å². The van der Waals surface area contributed by atoms with Gasteiger partial charge in [0.25, 0.3) is 5.91 Å². The molecule has 2 atom stereocenters. The Labute approximate surface area is 111 Å². The van der Waals surface area contributed by atoms with Crippen LogP contribution in [0.2, 0.25) is 5.22 Å². The predicted octanol–water partition coefficient (Wildman–Crippen LogP) is 3.56. The van der Waals surface area contributed by atoms with E-state index in [1.165, 1.54) is 0 Å². The highest BCUT2D eigenvalue weighted by Gasteiger charge is 2.30. The molecule has 2 rings (SSSR count). The molecule has 1 fully saturated rings. The quantitative estimate of drug-likeness (QED) is 0.774. The summed E-state index contributed by atoms with van der Waals surface area (Å²) in [6.45, 7) is 0. The van der Waals surface area contributed by atoms with Gasteiger partial charge in [-0.1, -0.05) is 12.8 Å². The van der Waals surface area contributed by atoms with Gasteiger partial charge in [0.05, 0.1) is 5.38 Å². The summed E-state index contributed by atoms with van der Waals surface area (Å²) in [5.41, 5.74) is 0. The van der Waals surface area contributed by atoms with Gasteiger partial charge in [-0.25, -0.2) is 0 Å². The molecule has 0 saturated heterocycles. The summed E-state index contributed by atoms with van der Waals surface area (Å²) in [5.74, 6) is 0.112. The molecule has 0 N–H and O–H groups in total. The Balaban J connectivity index is 2.08. The van der Waals surface area contributed by atoms with Crippen LogP contribution in [0.3, 0.4) is 0 Å². The molecule has 0 spiro atoms. The van der Waals surface area contributed by atoms with Gasteiger partial charge in [0.2, 0.25) is 0 Å². The molecule has 0 radical (unpaired) electrons. The van der Waals surface area contributed by atoms with Crippen molar-refractivity contribution < 1.29 is 9.21 Å². The number of rotatable bonds is 2. The number of halogens is 2. The third kappa shape index (κ3) is 2.78. The molecule has 0 aliphatic heterocycles. The summed E-state index contributed by atoms with van der Waals surface area (Å²) in [5, 5.41) is 0.260. The Kier molecular flexibility index (Phi) is 4.00. The maximum atomic E-state index is 12.1. The highest BCUT2D eigenvalue weighted by atomic mass is 35.5. The zero-order valence-corrected chi connectivity index (χ0v) is 11.2. The van der Waals surface area contributed by atoms with E-state index in [-0.39, 0.29) is 28.3 Å². The maximum absolute atomic E-state index is 12.1. The number of nitrogens with zero attached hydrogens (tertiary/aromatic N) is 1. The van der Waals surface area contributed by atoms with E-state index in [9.17, 15) is 4.79 Å². The number of carbonyl (C=O) groups excluding carboxylic acids is 1. The van der Waals surface area contributed by atoms with Crippen LogP contribution in [-0.4, -0.2) is 29.3 Å². The van der Waals surface area contributed by atoms with Gasteiger partial charge >= 0.3 is 0 Å². The van der Waals surface area contributed by atoms with Crippen LogP contribution < -0.4 is 0 Å². The molecular formula is C12H15Cl2NO2. The second-order valence-electron chi connectivity index (χ2n) is 4.39. The maximum Gasteiger partial charge on any atom is 0.289 e. The van der Waals surface area contributed by atoms with Crippen LogP contribution in [0, 0.1) is 0 Å². The molecule has 1 amide bonds. The van der Waals surface area contributed by atoms with Gasteiger partial charge in [-0.15, -0.1) is 11.6 Å². The molecule has 1 aliphatic rings. The fourth-order valence-electron chi connectivity index (χ4n) is 2.26. The summed E-state index contributed by atoms with van der Waals surface area (Å²) in [7, 11) is 1.77. The lowest BCUT2D eigenvalue weighted by Crippen LogP contribution is -2.44. The molecule has 1 aliphatic carbocycles. The van der Waals surface area contributed by atoms with Crippen LogP contribution in [0.1, 0.15) is 36.2 Å². The fraction of sp³-hybridized carbons (Fsp3) is 0.583. The van der Waals surface area contributed by atoms with Crippen molar-refractivity contribution in [1.29, 1.82) is 0 Å². The van der Waals surface area contributed by atoms with Crippen LogP contribution in [0.15, 0.2) is 16.5 Å². The second kappa shape index (κ2) is 5.32. The first-order chi connectivity index (χ1) is 8.09. The fourth-order valence-corrected chi connectivity index (χ4v) is 2.85. The van der Waals surface area contributed by atoms with Crippen LogP contribution >= 0.6 is 23.2 Å². The Morgan fingerprint density at radius 3 is 2.71 bits per heavy atom. The van der Waals surface area contributed by atoms with E-state index in [0.29, 0.717) is 0 Å². The molecular weight excluding hydrogens is 261 g/mol. The molecule has 5 heteroatoms. The van der Waals surface area contributed by atoms with E-state index in [1.807, 2.05) is 0 Å². The van der Waals surface area contributed by atoms with E-state index in [0.717, 1.165) is 25.7 Å². The van der Waals surface area contributed by atoms with Gasteiger partial charge in [0.1, 0.15) is 0 Å². The third-order valence-electron chi connectivity index (χ3n) is 3.25. The average molecular weight is 276 g/mol. The van der Waals surface area contributed by atoms with Gasteiger partial charge in [0.15, 0.2) is 11.0 Å². The van der Waals surface area contributed by atoms with Crippen LogP contribution in [0.5, 0.6) is 0 Å². The Morgan fingerprint density at radius 2 is 2.12 bits per heavy atom. The van der Waals surface area contributed by atoms with Gasteiger partial charge in [-0.05, 0) is 36.6 Å². The summed E-state index contributed by atoms with van der Waals surface area (Å²) >= 11 is 11.9. The summed E-state index contributed by atoms with van der Waals surface area (Å²) in [6, 6.07) is 3.25. The van der Waals surface area contributed by atoms with Gasteiger partial charge in [-0.3, -0.25) is 4.79 Å².